The van der Waals surface area contributed by atoms with Crippen LogP contribution >= 0.6 is 0 Å². The Morgan fingerprint density at radius 1 is 1.00 bits per heavy atom. The molecular weight excluding hydrogens is 176 g/mol. The van der Waals surface area contributed by atoms with Crippen LogP contribution in [0.5, 0.6) is 0 Å². The monoisotopic (exact) mass is 180 g/mol. The van der Waals surface area contributed by atoms with E-state index in [2.05, 4.69) is 0 Å². The van der Waals surface area contributed by atoms with E-state index < -0.39 is 0 Å². The zero-order valence-corrected chi connectivity index (χ0v) is 7.18. The van der Waals surface area contributed by atoms with E-state index in [1.54, 1.807) is 0 Å². The van der Waals surface area contributed by atoms with Crippen LogP contribution in [0.1, 0.15) is 0 Å². The quantitative estimate of drug-likeness (QED) is 0.393. The summed E-state index contributed by atoms with van der Waals surface area (Å²) in [5, 5.41) is 0. The van der Waals surface area contributed by atoms with Gasteiger partial charge < -0.3 is 11.0 Å². The van der Waals surface area contributed by atoms with Crippen molar-refractivity contribution in [1.82, 2.24) is 0 Å². The van der Waals surface area contributed by atoms with Crippen LogP contribution in [0.15, 0.2) is 0 Å². The van der Waals surface area contributed by atoms with Crippen molar-refractivity contribution < 1.29 is 30.4 Å². The molecule has 0 aromatic carbocycles. The molecule has 0 aromatic rings. The van der Waals surface area contributed by atoms with Gasteiger partial charge in [-0.2, -0.15) is 0 Å². The van der Waals surface area contributed by atoms with Gasteiger partial charge in [-0.15, -0.1) is 0 Å². The van der Waals surface area contributed by atoms with Gasteiger partial charge in [-0.05, 0) is 0 Å². The minimum atomic E-state index is 0. The fourth-order valence-corrected chi connectivity index (χ4v) is 0. The third kappa shape index (κ3) is 11.5. The van der Waals surface area contributed by atoms with Gasteiger partial charge in [0.25, 0.3) is 0 Å². The zero-order chi connectivity index (χ0) is 0. The topological polar surface area (TPSA) is 60.0 Å². The molecule has 0 aromatic heterocycles. The second-order valence-corrected chi connectivity index (χ2v) is 0. The first-order valence-corrected chi connectivity index (χ1v) is 0. The first kappa shape index (κ1) is 74.0. The molecule has 0 fully saturated rings. The average Bonchev–Trinajstić information content (AvgIpc) is 0. The molecule has 0 spiro atoms. The van der Waals surface area contributed by atoms with Gasteiger partial charge in [0.1, 0.15) is 0 Å². The standard InChI is InChI=1S/H2O.O.H2Se.Zn/h1H2;;1H2;/q;-2;;+2. The smallest absolute Gasteiger partial charge is 2.00 e. The fraction of sp³-hybridized carbons (Fsp3) is 0. The molecule has 0 amide bonds. The molecule has 0 saturated carbocycles. The summed E-state index contributed by atoms with van der Waals surface area (Å²) < 4.78 is 0. The zero-order valence-electron chi connectivity index (χ0n) is 2.12. The molecule has 0 atom stereocenters. The van der Waals surface area contributed by atoms with Crippen molar-refractivity contribution in [1.29, 1.82) is 0 Å². The average molecular weight is 180 g/mol. The maximum absolute atomic E-state index is 0. The summed E-state index contributed by atoms with van der Waals surface area (Å²) >= 11 is 0. The van der Waals surface area contributed by atoms with Gasteiger partial charge in [0, 0.05) is 0 Å². The minimum absolute atomic E-state index is 0. The van der Waals surface area contributed by atoms with Crippen molar-refractivity contribution in [2.24, 2.45) is 0 Å². The van der Waals surface area contributed by atoms with Crippen molar-refractivity contribution >= 4 is 17.1 Å². The van der Waals surface area contributed by atoms with Crippen LogP contribution < -0.4 is 0 Å². The Labute approximate surface area is 47.8 Å². The first-order chi connectivity index (χ1) is 0. The van der Waals surface area contributed by atoms with E-state index in [0.717, 1.165) is 0 Å². The molecule has 0 saturated heterocycles. The number of hydrogen-bond donors (Lipinski definition) is 0. The molecule has 0 aliphatic carbocycles. The molecule has 4 heteroatoms. The van der Waals surface area contributed by atoms with E-state index in [0.29, 0.717) is 0 Å². The van der Waals surface area contributed by atoms with E-state index in [1.807, 2.05) is 0 Å². The summed E-state index contributed by atoms with van der Waals surface area (Å²) in [7, 11) is 0. The van der Waals surface area contributed by atoms with Crippen LogP contribution in [0.2, 0.25) is 0 Å². The van der Waals surface area contributed by atoms with Crippen LogP contribution in [-0.2, 0) is 25.0 Å². The molecule has 4 heavy (non-hydrogen) atoms. The largest absolute Gasteiger partial charge is 2.00 e. The van der Waals surface area contributed by atoms with Crippen LogP contribution in [0, 0.1) is 0 Å². The molecule has 2 N–H and O–H groups in total. The van der Waals surface area contributed by atoms with Crippen LogP contribution in [0.4, 0.5) is 0 Å². The maximum Gasteiger partial charge on any atom is 2.00 e. The maximum atomic E-state index is 0. The van der Waals surface area contributed by atoms with Crippen LogP contribution in [-0.4, -0.2) is 22.5 Å². The van der Waals surface area contributed by atoms with Crippen molar-refractivity contribution in [3.05, 3.63) is 0 Å². The summed E-state index contributed by atoms with van der Waals surface area (Å²) in [6.07, 6.45) is 0. The summed E-state index contributed by atoms with van der Waals surface area (Å²) in [5.74, 6) is 0. The van der Waals surface area contributed by atoms with Gasteiger partial charge in [0.2, 0.25) is 0 Å². The van der Waals surface area contributed by atoms with E-state index in [4.69, 9.17) is 0 Å². The van der Waals surface area contributed by atoms with E-state index in [1.165, 1.54) is 0 Å². The Balaban J connectivity index is 0. The van der Waals surface area contributed by atoms with Gasteiger partial charge in [0.05, 0.1) is 0 Å². The van der Waals surface area contributed by atoms with Crippen molar-refractivity contribution in [2.75, 3.05) is 0 Å². The van der Waals surface area contributed by atoms with Gasteiger partial charge in [-0.1, -0.05) is 0 Å². The van der Waals surface area contributed by atoms with Gasteiger partial charge >= 0.3 is 36.5 Å². The molecule has 2 nitrogen and oxygen atoms in total. The normalized spacial score (nSPS) is 0. The van der Waals surface area contributed by atoms with Crippen molar-refractivity contribution in [3.8, 4) is 0 Å². The van der Waals surface area contributed by atoms with Gasteiger partial charge in [-0.25, -0.2) is 0 Å². The van der Waals surface area contributed by atoms with Crippen molar-refractivity contribution in [3.63, 3.8) is 0 Å². The Morgan fingerprint density at radius 3 is 1.00 bits per heavy atom. The van der Waals surface area contributed by atoms with Gasteiger partial charge in [0.15, 0.2) is 0 Å². The SMILES string of the molecule is O.[O-2].[SeH2].[Zn+2]. The molecule has 0 rings (SSSR count). The Morgan fingerprint density at radius 2 is 1.00 bits per heavy atom. The summed E-state index contributed by atoms with van der Waals surface area (Å²) in [6, 6.07) is 0. The summed E-state index contributed by atoms with van der Waals surface area (Å²) in [4.78, 5) is 0. The predicted molar refractivity (Wildman–Crippen MR) is 12.8 cm³/mol. The van der Waals surface area contributed by atoms with Gasteiger partial charge in [-0.3, -0.25) is 0 Å². The summed E-state index contributed by atoms with van der Waals surface area (Å²) in [5.41, 5.74) is 0. The molecule has 0 aliphatic rings. The molecule has 0 radical (unpaired) electrons. The Bertz CT molecular complexity index is 6.00. The Kier molecular flexibility index (Phi) is 624. The number of rotatable bonds is 0. The van der Waals surface area contributed by atoms with E-state index >= 15 is 0 Å². The molecule has 0 unspecified atom stereocenters. The van der Waals surface area contributed by atoms with Crippen LogP contribution in [0.25, 0.3) is 0 Å². The molecule has 24 valence electrons. The fourth-order valence-electron chi connectivity index (χ4n) is 0. The minimum Gasteiger partial charge on any atom is 2.00 e. The molecule has 0 aliphatic heterocycles. The second-order valence-electron chi connectivity index (χ2n) is 0. The van der Waals surface area contributed by atoms with Crippen LogP contribution in [0.3, 0.4) is 0 Å². The number of hydrogen-bond acceptors (Lipinski definition) is 0. The molecular formula is H4O2SeZn. The third-order valence-corrected chi connectivity index (χ3v) is 0. The first-order valence-electron chi connectivity index (χ1n) is 0. The third-order valence-electron chi connectivity index (χ3n) is 0. The van der Waals surface area contributed by atoms with Crippen molar-refractivity contribution in [2.45, 2.75) is 0 Å². The summed E-state index contributed by atoms with van der Waals surface area (Å²) in [6.45, 7) is 0. The van der Waals surface area contributed by atoms with E-state index in [-0.39, 0.29) is 47.5 Å². The second kappa shape index (κ2) is 33.7. The molecule has 0 bridgehead atoms. The van der Waals surface area contributed by atoms with E-state index in [9.17, 15) is 0 Å². The molecule has 0 heterocycles. The Hall–Kier alpha value is 1.06. The predicted octanol–water partition coefficient (Wildman–Crippen LogP) is -1.86.